The van der Waals surface area contributed by atoms with E-state index >= 15 is 0 Å². The standard InChI is InChI=1S/C16H18N4O/c1-10(14-7-5-13(9-17)6-8-14)18-16(21)15-11(2)19-20(4)12(15)3/h5-8,10H,1-4H3,(H,18,21). The maximum absolute atomic E-state index is 12.4. The highest BCUT2D eigenvalue weighted by Crippen LogP contribution is 2.16. The molecular formula is C16H18N4O. The van der Waals surface area contributed by atoms with E-state index in [1.165, 1.54) is 0 Å². The minimum atomic E-state index is -0.135. The Hall–Kier alpha value is -2.61. The quantitative estimate of drug-likeness (QED) is 0.939. The van der Waals surface area contributed by atoms with Crippen LogP contribution in [0.25, 0.3) is 0 Å². The van der Waals surface area contributed by atoms with Crippen LogP contribution in [0.4, 0.5) is 0 Å². The molecule has 0 aliphatic carbocycles. The number of hydrogen-bond donors (Lipinski definition) is 1. The summed E-state index contributed by atoms with van der Waals surface area (Å²) in [6, 6.07) is 9.15. The van der Waals surface area contributed by atoms with E-state index in [4.69, 9.17) is 5.26 Å². The van der Waals surface area contributed by atoms with Gasteiger partial charge in [0.25, 0.3) is 5.91 Å². The predicted molar refractivity (Wildman–Crippen MR) is 79.7 cm³/mol. The monoisotopic (exact) mass is 282 g/mol. The van der Waals surface area contributed by atoms with E-state index in [1.54, 1.807) is 16.8 Å². The van der Waals surface area contributed by atoms with E-state index in [1.807, 2.05) is 40.0 Å². The average Bonchev–Trinajstić information content (AvgIpc) is 2.72. The van der Waals surface area contributed by atoms with Crippen molar-refractivity contribution in [1.29, 1.82) is 5.26 Å². The van der Waals surface area contributed by atoms with Gasteiger partial charge in [-0.05, 0) is 38.5 Å². The Balaban J connectivity index is 2.17. The number of nitrogens with one attached hydrogen (secondary N) is 1. The average molecular weight is 282 g/mol. The van der Waals surface area contributed by atoms with E-state index in [2.05, 4.69) is 16.5 Å². The lowest BCUT2D eigenvalue weighted by atomic mass is 10.1. The van der Waals surface area contributed by atoms with Gasteiger partial charge in [0.05, 0.1) is 28.9 Å². The first-order valence-corrected chi connectivity index (χ1v) is 6.75. The molecule has 1 unspecified atom stereocenters. The second kappa shape index (κ2) is 5.80. The Morgan fingerprint density at radius 2 is 1.95 bits per heavy atom. The normalized spacial score (nSPS) is 11.8. The first-order valence-electron chi connectivity index (χ1n) is 6.75. The van der Waals surface area contributed by atoms with Crippen molar-refractivity contribution in [2.75, 3.05) is 0 Å². The molecular weight excluding hydrogens is 264 g/mol. The molecule has 0 radical (unpaired) electrons. The Morgan fingerprint density at radius 3 is 2.43 bits per heavy atom. The van der Waals surface area contributed by atoms with Crippen LogP contribution in [0.1, 0.15) is 45.8 Å². The molecule has 1 amide bonds. The van der Waals surface area contributed by atoms with Gasteiger partial charge in [-0.1, -0.05) is 12.1 Å². The lowest BCUT2D eigenvalue weighted by Gasteiger charge is -2.14. The summed E-state index contributed by atoms with van der Waals surface area (Å²) in [5.41, 5.74) is 3.76. The van der Waals surface area contributed by atoms with Gasteiger partial charge in [0, 0.05) is 12.7 Å². The summed E-state index contributed by atoms with van der Waals surface area (Å²) in [7, 11) is 1.82. The van der Waals surface area contributed by atoms with E-state index in [0.717, 1.165) is 17.0 Å². The molecule has 0 saturated carbocycles. The molecule has 5 nitrogen and oxygen atoms in total. The Kier molecular flexibility index (Phi) is 4.08. The maximum Gasteiger partial charge on any atom is 0.255 e. The highest BCUT2D eigenvalue weighted by atomic mass is 16.1. The lowest BCUT2D eigenvalue weighted by molar-refractivity contribution is 0.0938. The molecule has 1 aromatic carbocycles. The van der Waals surface area contributed by atoms with Gasteiger partial charge in [-0.2, -0.15) is 10.4 Å². The summed E-state index contributed by atoms with van der Waals surface area (Å²) >= 11 is 0. The molecule has 2 aromatic rings. The number of nitrogens with zero attached hydrogens (tertiary/aromatic N) is 3. The molecule has 0 aliphatic heterocycles. The number of benzene rings is 1. The molecule has 1 N–H and O–H groups in total. The van der Waals surface area contributed by atoms with Gasteiger partial charge >= 0.3 is 0 Å². The minimum Gasteiger partial charge on any atom is -0.345 e. The number of amides is 1. The highest BCUT2D eigenvalue weighted by molar-refractivity contribution is 5.96. The Bertz CT molecular complexity index is 707. The van der Waals surface area contributed by atoms with Crippen LogP contribution in [0, 0.1) is 25.2 Å². The van der Waals surface area contributed by atoms with Crippen LogP contribution in [0.5, 0.6) is 0 Å². The van der Waals surface area contributed by atoms with Crippen molar-refractivity contribution in [3.63, 3.8) is 0 Å². The molecule has 1 heterocycles. The van der Waals surface area contributed by atoms with Gasteiger partial charge in [-0.3, -0.25) is 9.48 Å². The lowest BCUT2D eigenvalue weighted by Crippen LogP contribution is -2.27. The van der Waals surface area contributed by atoms with Crippen LogP contribution in [-0.2, 0) is 7.05 Å². The summed E-state index contributed by atoms with van der Waals surface area (Å²) in [4.78, 5) is 12.4. The molecule has 21 heavy (non-hydrogen) atoms. The first-order chi connectivity index (χ1) is 9.93. The maximum atomic E-state index is 12.4. The molecule has 0 fully saturated rings. The van der Waals surface area contributed by atoms with E-state index < -0.39 is 0 Å². The molecule has 1 aromatic heterocycles. The highest BCUT2D eigenvalue weighted by Gasteiger charge is 2.19. The van der Waals surface area contributed by atoms with Gasteiger partial charge in [-0.25, -0.2) is 0 Å². The third-order valence-corrected chi connectivity index (χ3v) is 3.62. The number of aromatic nitrogens is 2. The van der Waals surface area contributed by atoms with Crippen LogP contribution in [-0.4, -0.2) is 15.7 Å². The predicted octanol–water partition coefficient (Wildman–Crippen LogP) is 2.40. The van der Waals surface area contributed by atoms with Crippen LogP contribution in [0.3, 0.4) is 0 Å². The first kappa shape index (κ1) is 14.8. The van der Waals surface area contributed by atoms with E-state index in [9.17, 15) is 4.79 Å². The molecule has 0 aliphatic rings. The zero-order valence-electron chi connectivity index (χ0n) is 12.6. The van der Waals surface area contributed by atoms with Gasteiger partial charge in [0.2, 0.25) is 0 Å². The molecule has 2 rings (SSSR count). The zero-order chi connectivity index (χ0) is 15.6. The van der Waals surface area contributed by atoms with Crippen molar-refractivity contribution in [3.05, 3.63) is 52.3 Å². The molecule has 0 saturated heterocycles. The Labute approximate surface area is 124 Å². The summed E-state index contributed by atoms with van der Waals surface area (Å²) in [6.07, 6.45) is 0. The third kappa shape index (κ3) is 2.95. The van der Waals surface area contributed by atoms with Gasteiger partial charge in [0.1, 0.15) is 0 Å². The van der Waals surface area contributed by atoms with E-state index in [0.29, 0.717) is 11.1 Å². The number of carbonyl (C=O) groups excluding carboxylic acids is 1. The number of rotatable bonds is 3. The third-order valence-electron chi connectivity index (χ3n) is 3.62. The van der Waals surface area contributed by atoms with Crippen molar-refractivity contribution >= 4 is 5.91 Å². The second-order valence-corrected chi connectivity index (χ2v) is 5.10. The summed E-state index contributed by atoms with van der Waals surface area (Å²) in [5.74, 6) is -0.130. The number of nitriles is 1. The van der Waals surface area contributed by atoms with Crippen molar-refractivity contribution in [2.45, 2.75) is 26.8 Å². The van der Waals surface area contributed by atoms with Gasteiger partial charge in [-0.15, -0.1) is 0 Å². The fraction of sp³-hybridized carbons (Fsp3) is 0.312. The van der Waals surface area contributed by atoms with Gasteiger partial charge in [0.15, 0.2) is 0 Å². The van der Waals surface area contributed by atoms with Crippen molar-refractivity contribution < 1.29 is 4.79 Å². The van der Waals surface area contributed by atoms with Crippen molar-refractivity contribution in [2.24, 2.45) is 7.05 Å². The molecule has 5 heteroatoms. The second-order valence-electron chi connectivity index (χ2n) is 5.10. The molecule has 108 valence electrons. The zero-order valence-corrected chi connectivity index (χ0v) is 12.6. The smallest absolute Gasteiger partial charge is 0.255 e. The minimum absolute atomic E-state index is 0.130. The summed E-state index contributed by atoms with van der Waals surface area (Å²) in [5, 5.41) is 16.0. The Morgan fingerprint density at radius 1 is 1.33 bits per heavy atom. The SMILES string of the molecule is Cc1nn(C)c(C)c1C(=O)NC(C)c1ccc(C#N)cc1. The largest absolute Gasteiger partial charge is 0.345 e. The molecule has 0 spiro atoms. The van der Waals surface area contributed by atoms with Gasteiger partial charge < -0.3 is 5.32 Å². The summed E-state index contributed by atoms with van der Waals surface area (Å²) in [6.45, 7) is 5.62. The number of hydrogen-bond acceptors (Lipinski definition) is 3. The van der Waals surface area contributed by atoms with E-state index in [-0.39, 0.29) is 11.9 Å². The number of aryl methyl sites for hydroxylation is 2. The van der Waals surface area contributed by atoms with Crippen molar-refractivity contribution in [1.82, 2.24) is 15.1 Å². The van der Waals surface area contributed by atoms with Crippen LogP contribution in [0.2, 0.25) is 0 Å². The fourth-order valence-corrected chi connectivity index (χ4v) is 2.30. The van der Waals surface area contributed by atoms with Crippen LogP contribution in [0.15, 0.2) is 24.3 Å². The van der Waals surface area contributed by atoms with Crippen molar-refractivity contribution in [3.8, 4) is 6.07 Å². The van der Waals surface area contributed by atoms with Crippen LogP contribution < -0.4 is 5.32 Å². The van der Waals surface area contributed by atoms with Crippen LogP contribution >= 0.6 is 0 Å². The topological polar surface area (TPSA) is 70.7 Å². The fourth-order valence-electron chi connectivity index (χ4n) is 2.30. The molecule has 1 atom stereocenters. The summed E-state index contributed by atoms with van der Waals surface area (Å²) < 4.78 is 1.70. The number of carbonyl (C=O) groups is 1. The molecule has 0 bridgehead atoms.